The number of aliphatic hydroxyl groups is 4. The summed E-state index contributed by atoms with van der Waals surface area (Å²) in [4.78, 5) is 0. The largest absolute Gasteiger partial charge is 0.472 e. The summed E-state index contributed by atoms with van der Waals surface area (Å²) in [5.74, 6) is -0.195. The van der Waals surface area contributed by atoms with Crippen LogP contribution in [0.2, 0.25) is 0 Å². The normalized spacial score (nSPS) is 51.9. The van der Waals surface area contributed by atoms with Gasteiger partial charge >= 0.3 is 0 Å². The van der Waals surface area contributed by atoms with Crippen molar-refractivity contribution in [2.24, 2.45) is 22.7 Å². The quantitative estimate of drug-likeness (QED) is 0.606. The van der Waals surface area contributed by atoms with Gasteiger partial charge in [0.15, 0.2) is 0 Å². The molecule has 1 spiro atoms. The molecule has 0 amide bonds. The zero-order valence-corrected chi connectivity index (χ0v) is 15.6. The summed E-state index contributed by atoms with van der Waals surface area (Å²) in [7, 11) is 0. The van der Waals surface area contributed by atoms with Gasteiger partial charge in [-0.2, -0.15) is 0 Å². The van der Waals surface area contributed by atoms with Gasteiger partial charge in [0.2, 0.25) is 0 Å². The molecule has 1 aromatic heterocycles. The molecule has 4 rings (SSSR count). The molecule has 6 nitrogen and oxygen atoms in total. The lowest BCUT2D eigenvalue weighted by Gasteiger charge is -2.64. The maximum Gasteiger partial charge on any atom is 0.126 e. The molecule has 2 aliphatic carbocycles. The number of furan rings is 1. The van der Waals surface area contributed by atoms with Crippen LogP contribution in [0.5, 0.6) is 0 Å². The van der Waals surface area contributed by atoms with Crippen LogP contribution in [-0.2, 0) is 4.74 Å². The van der Waals surface area contributed by atoms with Crippen molar-refractivity contribution in [3.8, 4) is 0 Å². The molecule has 26 heavy (non-hydrogen) atoms. The van der Waals surface area contributed by atoms with Crippen LogP contribution in [0.15, 0.2) is 23.0 Å². The Hall–Kier alpha value is -0.920. The van der Waals surface area contributed by atoms with Crippen LogP contribution in [0.1, 0.15) is 51.7 Å². The zero-order valence-electron chi connectivity index (χ0n) is 15.6. The summed E-state index contributed by atoms with van der Waals surface area (Å²) in [6.07, 6.45) is 1.38. The molecule has 3 fully saturated rings. The van der Waals surface area contributed by atoms with Gasteiger partial charge in [-0.15, -0.1) is 0 Å². The van der Waals surface area contributed by atoms with E-state index in [-0.39, 0.29) is 18.3 Å². The average molecular weight is 366 g/mol. The summed E-state index contributed by atoms with van der Waals surface area (Å²) >= 11 is 0. The summed E-state index contributed by atoms with van der Waals surface area (Å²) in [5, 5.41) is 43.4. The van der Waals surface area contributed by atoms with E-state index in [9.17, 15) is 20.4 Å². The monoisotopic (exact) mass is 366 g/mol. The van der Waals surface area contributed by atoms with Crippen molar-refractivity contribution in [3.05, 3.63) is 24.2 Å². The molecule has 3 aliphatic rings. The molecule has 9 atom stereocenters. The first-order valence-corrected chi connectivity index (χ1v) is 9.55. The summed E-state index contributed by atoms with van der Waals surface area (Å²) < 4.78 is 10.9. The van der Waals surface area contributed by atoms with E-state index in [0.717, 1.165) is 0 Å². The Morgan fingerprint density at radius 1 is 1.19 bits per heavy atom. The minimum absolute atomic E-state index is 0.0952. The maximum absolute atomic E-state index is 11.0. The molecule has 146 valence electrons. The van der Waals surface area contributed by atoms with Gasteiger partial charge < -0.3 is 29.6 Å². The zero-order chi connectivity index (χ0) is 18.9. The van der Waals surface area contributed by atoms with E-state index in [4.69, 9.17) is 9.15 Å². The SMILES string of the molecule is C[C@@H]1C[C@H](O)[C@]2(C)[C@H]([C@H](O)C[C@H](O)[C@]23CO3)[C@]1(C)C[C@H](O)c1ccoc1. The topological polar surface area (TPSA) is 107 Å². The third-order valence-corrected chi connectivity index (χ3v) is 8.07. The molecule has 6 heteroatoms. The Balaban J connectivity index is 1.74. The first kappa shape index (κ1) is 18.4. The highest BCUT2D eigenvalue weighted by Gasteiger charge is 2.76. The molecule has 2 heterocycles. The molecule has 0 bridgehead atoms. The summed E-state index contributed by atoms with van der Waals surface area (Å²) in [5.41, 5.74) is -1.27. The van der Waals surface area contributed by atoms with Crippen LogP contribution in [-0.4, -0.2) is 50.9 Å². The van der Waals surface area contributed by atoms with Crippen LogP contribution in [0, 0.1) is 22.7 Å². The molecule has 1 saturated heterocycles. The van der Waals surface area contributed by atoms with Gasteiger partial charge in [0.1, 0.15) is 5.60 Å². The smallest absolute Gasteiger partial charge is 0.126 e. The molecular formula is C20H30O6. The molecule has 0 unspecified atom stereocenters. The Morgan fingerprint density at radius 3 is 2.46 bits per heavy atom. The molecular weight excluding hydrogens is 336 g/mol. The van der Waals surface area contributed by atoms with E-state index in [1.165, 1.54) is 6.26 Å². The lowest BCUT2D eigenvalue weighted by Crippen LogP contribution is -2.70. The Labute approximate surface area is 153 Å². The Kier molecular flexibility index (Phi) is 4.11. The van der Waals surface area contributed by atoms with E-state index in [2.05, 4.69) is 13.8 Å². The highest BCUT2D eigenvalue weighted by atomic mass is 16.6. The van der Waals surface area contributed by atoms with Gasteiger partial charge in [0, 0.05) is 23.3 Å². The van der Waals surface area contributed by atoms with Crippen molar-refractivity contribution in [2.45, 2.75) is 70.1 Å². The molecule has 0 radical (unpaired) electrons. The van der Waals surface area contributed by atoms with E-state index in [0.29, 0.717) is 25.0 Å². The van der Waals surface area contributed by atoms with Crippen molar-refractivity contribution in [2.75, 3.05) is 6.61 Å². The van der Waals surface area contributed by atoms with Gasteiger partial charge in [-0.3, -0.25) is 0 Å². The van der Waals surface area contributed by atoms with Gasteiger partial charge in [-0.1, -0.05) is 20.8 Å². The molecule has 4 N–H and O–H groups in total. The third kappa shape index (κ3) is 2.23. The number of aliphatic hydroxyl groups excluding tert-OH is 4. The maximum atomic E-state index is 11.0. The van der Waals surface area contributed by atoms with Crippen LogP contribution in [0.4, 0.5) is 0 Å². The first-order valence-electron chi connectivity index (χ1n) is 9.55. The number of ether oxygens (including phenoxy) is 1. The number of fused-ring (bicyclic) bond motifs is 2. The average Bonchev–Trinajstić information content (AvgIpc) is 3.19. The summed E-state index contributed by atoms with van der Waals surface area (Å²) in [6, 6.07) is 1.75. The van der Waals surface area contributed by atoms with Crippen LogP contribution in [0.3, 0.4) is 0 Å². The molecule has 0 aromatic carbocycles. The Bertz CT molecular complexity index is 655. The predicted octanol–water partition coefficient (Wildman–Crippen LogP) is 1.63. The predicted molar refractivity (Wildman–Crippen MR) is 93.1 cm³/mol. The van der Waals surface area contributed by atoms with Crippen molar-refractivity contribution >= 4 is 0 Å². The number of hydrogen-bond acceptors (Lipinski definition) is 6. The van der Waals surface area contributed by atoms with Crippen molar-refractivity contribution in [3.63, 3.8) is 0 Å². The van der Waals surface area contributed by atoms with Gasteiger partial charge in [-0.25, -0.2) is 0 Å². The second kappa shape index (κ2) is 5.79. The first-order chi connectivity index (χ1) is 12.2. The number of rotatable bonds is 3. The lowest BCUT2D eigenvalue weighted by atomic mass is 9.42. The van der Waals surface area contributed by atoms with Crippen molar-refractivity contribution in [1.29, 1.82) is 0 Å². The number of epoxide rings is 1. The lowest BCUT2D eigenvalue weighted by molar-refractivity contribution is -0.249. The van der Waals surface area contributed by atoms with Gasteiger partial charge in [-0.05, 0) is 30.2 Å². The molecule has 1 aliphatic heterocycles. The summed E-state index contributed by atoms with van der Waals surface area (Å²) in [6.45, 7) is 6.50. The third-order valence-electron chi connectivity index (χ3n) is 8.07. The standard InChI is InChI=1S/C20H30O6/c1-11-6-15(23)19(3)17(13(21)7-16(24)20(19)10-26-20)18(11,2)8-14(22)12-4-5-25-9-12/h4-5,9,11,13-17,21-24H,6-8,10H2,1-3H3/t11-,13-,14+,15+,16+,17-,18-,19-,20-/m1/s1. The van der Waals surface area contributed by atoms with E-state index in [1.54, 1.807) is 12.3 Å². The van der Waals surface area contributed by atoms with E-state index in [1.807, 2.05) is 6.92 Å². The van der Waals surface area contributed by atoms with Crippen molar-refractivity contribution in [1.82, 2.24) is 0 Å². The van der Waals surface area contributed by atoms with E-state index < -0.39 is 40.8 Å². The van der Waals surface area contributed by atoms with Crippen LogP contribution >= 0.6 is 0 Å². The minimum Gasteiger partial charge on any atom is -0.472 e. The van der Waals surface area contributed by atoms with Gasteiger partial charge in [0.05, 0.1) is 43.5 Å². The fraction of sp³-hybridized carbons (Fsp3) is 0.800. The second-order valence-corrected chi connectivity index (χ2v) is 9.19. The molecule has 1 aromatic rings. The van der Waals surface area contributed by atoms with Gasteiger partial charge in [0.25, 0.3) is 0 Å². The molecule has 2 saturated carbocycles. The second-order valence-electron chi connectivity index (χ2n) is 9.19. The highest BCUT2D eigenvalue weighted by Crippen LogP contribution is 2.68. The Morgan fingerprint density at radius 2 is 1.88 bits per heavy atom. The van der Waals surface area contributed by atoms with Crippen LogP contribution < -0.4 is 0 Å². The van der Waals surface area contributed by atoms with Crippen LogP contribution in [0.25, 0.3) is 0 Å². The number of hydrogen-bond donors (Lipinski definition) is 4. The fourth-order valence-corrected chi connectivity index (χ4v) is 6.25. The van der Waals surface area contributed by atoms with Crippen molar-refractivity contribution < 1.29 is 29.6 Å². The highest BCUT2D eigenvalue weighted by molar-refractivity contribution is 5.24. The van der Waals surface area contributed by atoms with E-state index >= 15 is 0 Å². The fourth-order valence-electron chi connectivity index (χ4n) is 6.25. The minimum atomic E-state index is -0.793.